The second kappa shape index (κ2) is 6.73. The summed E-state index contributed by atoms with van der Waals surface area (Å²) < 4.78 is 0. The highest BCUT2D eigenvalue weighted by atomic mass is 16.4. The van der Waals surface area contributed by atoms with Crippen LogP contribution in [0.5, 0.6) is 0 Å². The van der Waals surface area contributed by atoms with E-state index in [2.05, 4.69) is 15.3 Å². The topological polar surface area (TPSA) is 115 Å². The third kappa shape index (κ3) is 5.84. The number of amides is 1. The van der Waals surface area contributed by atoms with Gasteiger partial charge in [0.1, 0.15) is 6.04 Å². The van der Waals surface area contributed by atoms with E-state index in [0.717, 1.165) is 0 Å². The summed E-state index contributed by atoms with van der Waals surface area (Å²) in [4.78, 5) is 23.7. The van der Waals surface area contributed by atoms with Crippen molar-refractivity contribution in [2.75, 3.05) is 6.54 Å². The van der Waals surface area contributed by atoms with Gasteiger partial charge in [0.15, 0.2) is 0 Å². The molecule has 7 nitrogen and oxygen atoms in total. The van der Waals surface area contributed by atoms with Crippen molar-refractivity contribution in [2.24, 2.45) is 5.11 Å². The Kier molecular flexibility index (Phi) is 5.89. The summed E-state index contributed by atoms with van der Waals surface area (Å²) in [5.41, 5.74) is 7.96. The maximum atomic E-state index is 10.6. The number of nitrogens with zero attached hydrogens (tertiary/aromatic N) is 3. The molecule has 0 saturated heterocycles. The summed E-state index contributed by atoms with van der Waals surface area (Å²) in [7, 11) is 0. The van der Waals surface area contributed by atoms with Crippen LogP contribution in [0.3, 0.4) is 0 Å². The van der Waals surface area contributed by atoms with Crippen molar-refractivity contribution in [3.8, 4) is 0 Å². The van der Waals surface area contributed by atoms with E-state index in [-0.39, 0.29) is 18.9 Å². The van der Waals surface area contributed by atoms with E-state index >= 15 is 0 Å². The highest BCUT2D eigenvalue weighted by Crippen LogP contribution is 1.98. The lowest BCUT2D eigenvalue weighted by atomic mass is 10.1. The first kappa shape index (κ1) is 12.2. The summed E-state index contributed by atoms with van der Waals surface area (Å²) in [6, 6.07) is -0.901. The number of carboxylic acid groups (broad SMARTS) is 1. The summed E-state index contributed by atoms with van der Waals surface area (Å²) in [6.07, 6.45) is 0.690. The van der Waals surface area contributed by atoms with Crippen LogP contribution < -0.4 is 5.32 Å². The van der Waals surface area contributed by atoms with E-state index < -0.39 is 12.0 Å². The van der Waals surface area contributed by atoms with E-state index in [1.165, 1.54) is 6.92 Å². The van der Waals surface area contributed by atoms with Crippen molar-refractivity contribution >= 4 is 11.9 Å². The SMILES string of the molecule is CC(=O)N[C@@H](CCCN=[N+]=[N-])C(=O)O. The third-order valence-electron chi connectivity index (χ3n) is 1.49. The molecule has 0 aromatic heterocycles. The molecule has 0 aliphatic heterocycles. The second-order valence-electron chi connectivity index (χ2n) is 2.69. The van der Waals surface area contributed by atoms with Crippen LogP contribution in [0.4, 0.5) is 0 Å². The smallest absolute Gasteiger partial charge is 0.326 e. The van der Waals surface area contributed by atoms with Gasteiger partial charge in [-0.3, -0.25) is 4.79 Å². The Balaban J connectivity index is 3.91. The standard InChI is InChI=1S/C7H12N4O3/c1-5(12)10-6(7(13)14)3-2-4-9-11-8/h6H,2-4H2,1H3,(H,10,12)(H,13,14)/t6-/m0/s1. The lowest BCUT2D eigenvalue weighted by Gasteiger charge is -2.11. The molecule has 0 aromatic carbocycles. The van der Waals surface area contributed by atoms with Crippen molar-refractivity contribution < 1.29 is 14.7 Å². The average Bonchev–Trinajstić information content (AvgIpc) is 2.09. The van der Waals surface area contributed by atoms with Gasteiger partial charge >= 0.3 is 5.97 Å². The Bertz CT molecular complexity index is 260. The van der Waals surface area contributed by atoms with E-state index in [9.17, 15) is 9.59 Å². The van der Waals surface area contributed by atoms with Crippen LogP contribution in [0.2, 0.25) is 0 Å². The molecular weight excluding hydrogens is 188 g/mol. The molecule has 78 valence electrons. The predicted octanol–water partition coefficient (Wildman–Crippen LogP) is 0.666. The summed E-state index contributed by atoms with van der Waals surface area (Å²) in [6.45, 7) is 1.49. The molecule has 7 heteroatoms. The van der Waals surface area contributed by atoms with Gasteiger partial charge in [-0.15, -0.1) is 0 Å². The molecule has 0 heterocycles. The molecule has 0 radical (unpaired) electrons. The average molecular weight is 200 g/mol. The fourth-order valence-electron chi connectivity index (χ4n) is 0.914. The van der Waals surface area contributed by atoms with Gasteiger partial charge in [0, 0.05) is 18.4 Å². The van der Waals surface area contributed by atoms with Gasteiger partial charge in [-0.1, -0.05) is 5.11 Å². The van der Waals surface area contributed by atoms with Crippen LogP contribution in [-0.2, 0) is 9.59 Å². The molecule has 1 amide bonds. The molecule has 0 fully saturated rings. The molecule has 0 rings (SSSR count). The molecule has 0 aliphatic rings. The van der Waals surface area contributed by atoms with Crippen LogP contribution in [-0.4, -0.2) is 29.6 Å². The first-order valence-electron chi connectivity index (χ1n) is 4.08. The zero-order chi connectivity index (χ0) is 11.0. The first-order valence-corrected chi connectivity index (χ1v) is 4.08. The largest absolute Gasteiger partial charge is 0.480 e. The maximum absolute atomic E-state index is 10.6. The van der Waals surface area contributed by atoms with Crippen LogP contribution in [0.15, 0.2) is 5.11 Å². The Morgan fingerprint density at radius 3 is 2.71 bits per heavy atom. The van der Waals surface area contributed by atoms with Crippen molar-refractivity contribution in [1.82, 2.24) is 5.32 Å². The van der Waals surface area contributed by atoms with Crippen molar-refractivity contribution in [2.45, 2.75) is 25.8 Å². The molecule has 0 aromatic rings. The van der Waals surface area contributed by atoms with Gasteiger partial charge in [0.25, 0.3) is 0 Å². The lowest BCUT2D eigenvalue weighted by molar-refractivity contribution is -0.141. The van der Waals surface area contributed by atoms with E-state index in [0.29, 0.717) is 6.42 Å². The summed E-state index contributed by atoms with van der Waals surface area (Å²) >= 11 is 0. The first-order chi connectivity index (χ1) is 6.57. The minimum Gasteiger partial charge on any atom is -0.480 e. The number of azide groups is 1. The molecule has 0 spiro atoms. The number of carboxylic acids is 1. The molecule has 1 atom stereocenters. The van der Waals surface area contributed by atoms with Gasteiger partial charge in [-0.25, -0.2) is 4.79 Å². The number of aliphatic carboxylic acids is 1. The highest BCUT2D eigenvalue weighted by molar-refractivity contribution is 5.81. The number of rotatable bonds is 6. The van der Waals surface area contributed by atoms with Gasteiger partial charge in [0.2, 0.25) is 5.91 Å². The zero-order valence-corrected chi connectivity index (χ0v) is 7.80. The number of carbonyl (C=O) groups is 2. The minimum absolute atomic E-state index is 0.236. The predicted molar refractivity (Wildman–Crippen MR) is 48.5 cm³/mol. The second-order valence-corrected chi connectivity index (χ2v) is 2.69. The summed E-state index contributed by atoms with van der Waals surface area (Å²) in [5.74, 6) is -1.47. The molecule has 0 saturated carbocycles. The maximum Gasteiger partial charge on any atom is 0.326 e. The molecular formula is C7H12N4O3. The molecule has 0 unspecified atom stereocenters. The van der Waals surface area contributed by atoms with Gasteiger partial charge < -0.3 is 10.4 Å². The quantitative estimate of drug-likeness (QED) is 0.284. The Labute approximate surface area is 80.7 Å². The Morgan fingerprint density at radius 1 is 1.64 bits per heavy atom. The fraction of sp³-hybridized carbons (Fsp3) is 0.714. The molecule has 0 bridgehead atoms. The number of nitrogens with one attached hydrogen (secondary N) is 1. The monoisotopic (exact) mass is 200 g/mol. The van der Waals surface area contributed by atoms with Crippen LogP contribution in [0.25, 0.3) is 10.4 Å². The van der Waals surface area contributed by atoms with E-state index in [4.69, 9.17) is 10.6 Å². The van der Waals surface area contributed by atoms with Gasteiger partial charge in [0.05, 0.1) is 0 Å². The molecule has 14 heavy (non-hydrogen) atoms. The highest BCUT2D eigenvalue weighted by Gasteiger charge is 2.16. The van der Waals surface area contributed by atoms with Crippen molar-refractivity contribution in [3.05, 3.63) is 10.4 Å². The number of carbonyl (C=O) groups excluding carboxylic acids is 1. The van der Waals surface area contributed by atoms with Crippen molar-refractivity contribution in [3.63, 3.8) is 0 Å². The van der Waals surface area contributed by atoms with Crippen LogP contribution in [0.1, 0.15) is 19.8 Å². The zero-order valence-electron chi connectivity index (χ0n) is 7.80. The van der Waals surface area contributed by atoms with Gasteiger partial charge in [-0.05, 0) is 18.4 Å². The lowest BCUT2D eigenvalue weighted by Crippen LogP contribution is -2.39. The fourth-order valence-corrected chi connectivity index (χ4v) is 0.914. The van der Waals surface area contributed by atoms with Crippen molar-refractivity contribution in [1.29, 1.82) is 0 Å². The van der Waals surface area contributed by atoms with Crippen LogP contribution in [0, 0.1) is 0 Å². The third-order valence-corrected chi connectivity index (χ3v) is 1.49. The number of hydrogen-bond donors (Lipinski definition) is 2. The van der Waals surface area contributed by atoms with E-state index in [1.807, 2.05) is 0 Å². The van der Waals surface area contributed by atoms with E-state index in [1.54, 1.807) is 0 Å². The Morgan fingerprint density at radius 2 is 2.29 bits per heavy atom. The number of hydrogen-bond acceptors (Lipinski definition) is 3. The minimum atomic E-state index is -1.08. The molecule has 2 N–H and O–H groups in total. The van der Waals surface area contributed by atoms with Gasteiger partial charge in [-0.2, -0.15) is 0 Å². The summed E-state index contributed by atoms with van der Waals surface area (Å²) in [5, 5.41) is 14.2. The Hall–Kier alpha value is -1.75. The van der Waals surface area contributed by atoms with Crippen LogP contribution >= 0.6 is 0 Å². The normalized spacial score (nSPS) is 11.2. The molecule has 0 aliphatic carbocycles.